The normalized spacial score (nSPS) is 10.7. The number of anilines is 1. The van der Waals surface area contributed by atoms with E-state index >= 15 is 0 Å². The number of benzene rings is 1. The molecule has 0 spiro atoms. The van der Waals surface area contributed by atoms with Crippen LogP contribution in [0.25, 0.3) is 0 Å². The van der Waals surface area contributed by atoms with E-state index in [9.17, 15) is 4.79 Å². The number of carbonyl (C=O) groups excluding carboxylic acids is 1. The van der Waals surface area contributed by atoms with Crippen molar-refractivity contribution in [3.63, 3.8) is 0 Å². The molecule has 6 heteroatoms. The average molecular weight is 472 g/mol. The van der Waals surface area contributed by atoms with Crippen LogP contribution in [-0.2, 0) is 11.3 Å². The molecule has 0 atom stereocenters. The van der Waals surface area contributed by atoms with Gasteiger partial charge in [-0.25, -0.2) is 4.99 Å². The second-order valence-corrected chi connectivity index (χ2v) is 6.02. The Morgan fingerprint density at radius 1 is 1.27 bits per heavy atom. The standard InChI is InChI=1S/C20H32N4O.HI/c1-5-8-9-15-24(4)20(21-7-3)22-16-17-11-13-18(14-12-17)23-19(25)10-6-2;/h5,11-14H,1,6-10,15-16H2,2-4H3,(H,21,22)(H,23,25);1H. The molecule has 0 radical (unpaired) electrons. The van der Waals surface area contributed by atoms with E-state index in [-0.39, 0.29) is 29.9 Å². The molecule has 1 rings (SSSR count). The van der Waals surface area contributed by atoms with Gasteiger partial charge in [-0.3, -0.25) is 4.79 Å². The number of halogens is 1. The van der Waals surface area contributed by atoms with Crippen LogP contribution in [0.2, 0.25) is 0 Å². The third kappa shape index (κ3) is 9.79. The van der Waals surface area contributed by atoms with Crippen molar-refractivity contribution >= 4 is 41.5 Å². The number of rotatable bonds is 10. The number of unbranched alkanes of at least 4 members (excludes halogenated alkanes) is 1. The minimum Gasteiger partial charge on any atom is -0.357 e. The largest absolute Gasteiger partial charge is 0.357 e. The molecule has 0 bridgehead atoms. The Kier molecular flexibility index (Phi) is 13.7. The summed E-state index contributed by atoms with van der Waals surface area (Å²) in [6.07, 6.45) is 5.42. The summed E-state index contributed by atoms with van der Waals surface area (Å²) in [7, 11) is 2.05. The Morgan fingerprint density at radius 3 is 2.54 bits per heavy atom. The van der Waals surface area contributed by atoms with Crippen molar-refractivity contribution in [2.75, 3.05) is 25.5 Å². The van der Waals surface area contributed by atoms with Crippen LogP contribution < -0.4 is 10.6 Å². The van der Waals surface area contributed by atoms with Crippen LogP contribution in [0.4, 0.5) is 5.69 Å². The molecule has 0 saturated carbocycles. The molecule has 0 aliphatic heterocycles. The van der Waals surface area contributed by atoms with Gasteiger partial charge < -0.3 is 15.5 Å². The number of aliphatic imine (C=N–C) groups is 1. The van der Waals surface area contributed by atoms with E-state index in [0.717, 1.165) is 49.6 Å². The zero-order chi connectivity index (χ0) is 18.5. The van der Waals surface area contributed by atoms with Crippen molar-refractivity contribution in [2.45, 2.75) is 46.1 Å². The number of guanidine groups is 1. The van der Waals surface area contributed by atoms with Crippen LogP contribution in [0.1, 0.15) is 45.1 Å². The smallest absolute Gasteiger partial charge is 0.224 e. The monoisotopic (exact) mass is 472 g/mol. The van der Waals surface area contributed by atoms with Crippen molar-refractivity contribution in [3.8, 4) is 0 Å². The zero-order valence-electron chi connectivity index (χ0n) is 16.3. The molecule has 1 amide bonds. The third-order valence-electron chi connectivity index (χ3n) is 3.72. The maximum atomic E-state index is 11.6. The maximum Gasteiger partial charge on any atom is 0.224 e. The van der Waals surface area contributed by atoms with E-state index in [1.54, 1.807) is 0 Å². The summed E-state index contributed by atoms with van der Waals surface area (Å²) in [6.45, 7) is 10.2. The molecular formula is C20H33IN4O. The maximum absolute atomic E-state index is 11.6. The van der Waals surface area contributed by atoms with Gasteiger partial charge in [0, 0.05) is 32.2 Å². The SMILES string of the molecule is C=CCCCN(C)C(=NCc1ccc(NC(=O)CCC)cc1)NCC.I. The Morgan fingerprint density at radius 2 is 1.96 bits per heavy atom. The molecule has 0 unspecified atom stereocenters. The van der Waals surface area contributed by atoms with Crippen molar-refractivity contribution in [1.29, 1.82) is 0 Å². The number of amides is 1. The van der Waals surface area contributed by atoms with Gasteiger partial charge in [-0.1, -0.05) is 25.1 Å². The number of allylic oxidation sites excluding steroid dienone is 1. The molecule has 1 aromatic rings. The molecule has 0 fully saturated rings. The van der Waals surface area contributed by atoms with E-state index in [0.29, 0.717) is 13.0 Å². The van der Waals surface area contributed by atoms with Gasteiger partial charge in [-0.05, 0) is 43.9 Å². The van der Waals surface area contributed by atoms with Gasteiger partial charge in [0.1, 0.15) is 0 Å². The predicted octanol–water partition coefficient (Wildman–Crippen LogP) is 4.41. The highest BCUT2D eigenvalue weighted by Gasteiger charge is 2.05. The number of carbonyl (C=O) groups is 1. The van der Waals surface area contributed by atoms with E-state index in [1.165, 1.54) is 0 Å². The minimum atomic E-state index is 0. The minimum absolute atomic E-state index is 0. The van der Waals surface area contributed by atoms with Crippen LogP contribution in [0.3, 0.4) is 0 Å². The zero-order valence-corrected chi connectivity index (χ0v) is 18.6. The molecule has 0 aliphatic rings. The van der Waals surface area contributed by atoms with Crippen LogP contribution in [0, 0.1) is 0 Å². The number of hydrogen-bond donors (Lipinski definition) is 2. The highest BCUT2D eigenvalue weighted by Crippen LogP contribution is 2.11. The first kappa shape index (κ1) is 24.4. The summed E-state index contributed by atoms with van der Waals surface area (Å²) in [6, 6.07) is 7.87. The van der Waals surface area contributed by atoms with Crippen molar-refractivity contribution in [1.82, 2.24) is 10.2 Å². The lowest BCUT2D eigenvalue weighted by molar-refractivity contribution is -0.116. The molecule has 0 aromatic heterocycles. The van der Waals surface area contributed by atoms with E-state index in [2.05, 4.69) is 36.1 Å². The van der Waals surface area contributed by atoms with Gasteiger partial charge in [0.2, 0.25) is 5.91 Å². The van der Waals surface area contributed by atoms with Gasteiger partial charge in [0.25, 0.3) is 0 Å². The van der Waals surface area contributed by atoms with Crippen LogP contribution in [-0.4, -0.2) is 36.9 Å². The van der Waals surface area contributed by atoms with Gasteiger partial charge in [0.15, 0.2) is 5.96 Å². The molecule has 146 valence electrons. The molecule has 0 saturated heterocycles. The fourth-order valence-electron chi connectivity index (χ4n) is 2.36. The lowest BCUT2D eigenvalue weighted by atomic mass is 10.2. The Hall–Kier alpha value is -1.57. The van der Waals surface area contributed by atoms with Crippen molar-refractivity contribution in [2.24, 2.45) is 4.99 Å². The average Bonchev–Trinajstić information content (AvgIpc) is 2.60. The first-order valence-corrected chi connectivity index (χ1v) is 9.09. The fourth-order valence-corrected chi connectivity index (χ4v) is 2.36. The second kappa shape index (κ2) is 14.6. The van der Waals surface area contributed by atoms with Crippen molar-refractivity contribution < 1.29 is 4.79 Å². The highest BCUT2D eigenvalue weighted by atomic mass is 127. The molecule has 26 heavy (non-hydrogen) atoms. The lowest BCUT2D eigenvalue weighted by Crippen LogP contribution is -2.39. The predicted molar refractivity (Wildman–Crippen MR) is 122 cm³/mol. The van der Waals surface area contributed by atoms with Crippen LogP contribution >= 0.6 is 24.0 Å². The summed E-state index contributed by atoms with van der Waals surface area (Å²) in [5, 5.41) is 6.22. The first-order valence-electron chi connectivity index (χ1n) is 9.09. The Labute approximate surface area is 175 Å². The molecule has 1 aromatic carbocycles. The van der Waals surface area contributed by atoms with Gasteiger partial charge in [0.05, 0.1) is 6.54 Å². The molecule has 0 heterocycles. The first-order chi connectivity index (χ1) is 12.1. The summed E-state index contributed by atoms with van der Waals surface area (Å²) in [4.78, 5) is 18.5. The van der Waals surface area contributed by atoms with Gasteiger partial charge in [-0.15, -0.1) is 30.6 Å². The van der Waals surface area contributed by atoms with E-state index < -0.39 is 0 Å². The van der Waals surface area contributed by atoms with E-state index in [4.69, 9.17) is 4.99 Å². The topological polar surface area (TPSA) is 56.7 Å². The quantitative estimate of drug-likeness (QED) is 0.175. The van der Waals surface area contributed by atoms with Gasteiger partial charge >= 0.3 is 0 Å². The molecular weight excluding hydrogens is 439 g/mol. The van der Waals surface area contributed by atoms with Crippen molar-refractivity contribution in [3.05, 3.63) is 42.5 Å². The second-order valence-electron chi connectivity index (χ2n) is 6.02. The molecule has 5 nitrogen and oxygen atoms in total. The summed E-state index contributed by atoms with van der Waals surface area (Å²) >= 11 is 0. The van der Waals surface area contributed by atoms with E-state index in [1.807, 2.05) is 37.3 Å². The Bertz CT molecular complexity index is 557. The highest BCUT2D eigenvalue weighted by molar-refractivity contribution is 14.0. The summed E-state index contributed by atoms with van der Waals surface area (Å²) < 4.78 is 0. The summed E-state index contributed by atoms with van der Waals surface area (Å²) in [5.41, 5.74) is 1.95. The Balaban J connectivity index is 0.00000625. The molecule has 2 N–H and O–H groups in total. The number of hydrogen-bond acceptors (Lipinski definition) is 2. The number of nitrogens with zero attached hydrogens (tertiary/aromatic N) is 2. The third-order valence-corrected chi connectivity index (χ3v) is 3.72. The van der Waals surface area contributed by atoms with Crippen LogP contribution in [0.15, 0.2) is 41.9 Å². The fraction of sp³-hybridized carbons (Fsp3) is 0.500. The number of nitrogens with one attached hydrogen (secondary N) is 2. The molecule has 0 aliphatic carbocycles. The van der Waals surface area contributed by atoms with Crippen LogP contribution in [0.5, 0.6) is 0 Å². The lowest BCUT2D eigenvalue weighted by Gasteiger charge is -2.21. The summed E-state index contributed by atoms with van der Waals surface area (Å²) in [5.74, 6) is 0.968. The van der Waals surface area contributed by atoms with Gasteiger partial charge in [-0.2, -0.15) is 0 Å².